The first-order valence-corrected chi connectivity index (χ1v) is 4.47. The summed E-state index contributed by atoms with van der Waals surface area (Å²) in [4.78, 5) is 0. The number of hydrogen-bond donors (Lipinski definition) is 0. The number of nitriles is 2. The van der Waals surface area contributed by atoms with E-state index in [4.69, 9.17) is 10.5 Å². The topological polar surface area (TPSA) is 47.6 Å². The number of hydrogen-bond acceptors (Lipinski definition) is 2. The Labute approximate surface area is 87.9 Å². The Kier molecular flexibility index (Phi) is 4.06. The summed E-state index contributed by atoms with van der Waals surface area (Å²) in [6, 6.07) is 8.25. The molecular formula is C12H9FN2. The fourth-order valence-electron chi connectivity index (χ4n) is 1.21. The molecule has 0 bridgehead atoms. The zero-order valence-corrected chi connectivity index (χ0v) is 8.07. The summed E-state index contributed by atoms with van der Waals surface area (Å²) in [5, 5.41) is 16.9. The second-order valence-corrected chi connectivity index (χ2v) is 2.94. The molecule has 1 aromatic rings. The lowest BCUT2D eigenvalue weighted by atomic mass is 10.0. The quantitative estimate of drug-likeness (QED) is 0.753. The van der Waals surface area contributed by atoms with Crippen molar-refractivity contribution in [3.8, 4) is 12.1 Å². The summed E-state index contributed by atoms with van der Waals surface area (Å²) in [5.74, 6) is -0.340. The molecule has 0 atom stereocenters. The van der Waals surface area contributed by atoms with Crippen LogP contribution in [0, 0.1) is 28.5 Å². The lowest BCUT2D eigenvalue weighted by Crippen LogP contribution is -1.88. The fourth-order valence-corrected chi connectivity index (χ4v) is 1.21. The van der Waals surface area contributed by atoms with Gasteiger partial charge in [0.1, 0.15) is 5.82 Å². The molecule has 15 heavy (non-hydrogen) atoms. The Bertz CT molecular complexity index is 450. The van der Waals surface area contributed by atoms with Crippen LogP contribution in [0.15, 0.2) is 24.3 Å². The first-order chi connectivity index (χ1) is 7.27. The van der Waals surface area contributed by atoms with Gasteiger partial charge in [0.15, 0.2) is 0 Å². The molecule has 0 aromatic heterocycles. The molecule has 0 radical (unpaired) electrons. The van der Waals surface area contributed by atoms with Crippen LogP contribution in [0.5, 0.6) is 0 Å². The van der Waals surface area contributed by atoms with Gasteiger partial charge in [-0.3, -0.25) is 0 Å². The minimum absolute atomic E-state index is 0.243. The third kappa shape index (κ3) is 3.25. The third-order valence-corrected chi connectivity index (χ3v) is 1.88. The molecule has 3 heteroatoms. The molecule has 0 fully saturated rings. The van der Waals surface area contributed by atoms with Crippen LogP contribution in [-0.4, -0.2) is 0 Å². The van der Waals surface area contributed by atoms with Crippen molar-refractivity contribution in [2.45, 2.75) is 12.8 Å². The monoisotopic (exact) mass is 200 g/mol. The number of nitrogens with zero attached hydrogens (tertiary/aromatic N) is 2. The molecule has 0 saturated carbocycles. The van der Waals surface area contributed by atoms with Gasteiger partial charge in [-0.15, -0.1) is 0 Å². The van der Waals surface area contributed by atoms with Crippen molar-refractivity contribution in [1.82, 2.24) is 0 Å². The minimum atomic E-state index is -0.340. The molecule has 0 aliphatic rings. The highest BCUT2D eigenvalue weighted by atomic mass is 19.1. The van der Waals surface area contributed by atoms with Crippen molar-refractivity contribution in [3.63, 3.8) is 0 Å². The van der Waals surface area contributed by atoms with Crippen molar-refractivity contribution in [3.05, 3.63) is 41.2 Å². The Morgan fingerprint density at radius 2 is 2.07 bits per heavy atom. The Balaban J connectivity index is 2.98. The molecule has 0 amide bonds. The first kappa shape index (κ1) is 10.9. The molecule has 0 heterocycles. The van der Waals surface area contributed by atoms with E-state index in [0.717, 1.165) is 5.56 Å². The Morgan fingerprint density at radius 1 is 1.27 bits per heavy atom. The minimum Gasteiger partial charge on any atom is -0.207 e. The summed E-state index contributed by atoms with van der Waals surface area (Å²) >= 11 is 0. The largest absolute Gasteiger partial charge is 0.207 e. The van der Waals surface area contributed by atoms with E-state index in [1.807, 2.05) is 12.1 Å². The molecule has 1 rings (SSSR count). The number of allylic oxidation sites excluding steroid dienone is 1. The molecule has 0 saturated heterocycles. The maximum atomic E-state index is 12.9. The van der Waals surface area contributed by atoms with Gasteiger partial charge in [-0.2, -0.15) is 10.5 Å². The molecular weight excluding hydrogens is 191 g/mol. The standard InChI is InChI=1S/C12H9FN2/c13-12-5-4-10(6-8-15)11(9-12)3-1-2-7-14/h1,3-5,9H,2,6H2. The first-order valence-electron chi connectivity index (χ1n) is 4.47. The van der Waals surface area contributed by atoms with E-state index in [9.17, 15) is 4.39 Å². The van der Waals surface area contributed by atoms with Crippen LogP contribution in [0.3, 0.4) is 0 Å². The predicted octanol–water partition coefficient (Wildman–Crippen LogP) is 2.82. The molecule has 0 N–H and O–H groups in total. The normalized spacial score (nSPS) is 9.80. The molecule has 0 unspecified atom stereocenters. The zero-order chi connectivity index (χ0) is 11.1. The summed E-state index contributed by atoms with van der Waals surface area (Å²) < 4.78 is 12.9. The van der Waals surface area contributed by atoms with Crippen molar-refractivity contribution < 1.29 is 4.39 Å². The highest BCUT2D eigenvalue weighted by molar-refractivity contribution is 5.54. The van der Waals surface area contributed by atoms with Crippen LogP contribution in [0.2, 0.25) is 0 Å². The van der Waals surface area contributed by atoms with Gasteiger partial charge in [-0.1, -0.05) is 18.2 Å². The lowest BCUT2D eigenvalue weighted by molar-refractivity contribution is 0.627. The number of rotatable bonds is 3. The zero-order valence-electron chi connectivity index (χ0n) is 8.07. The summed E-state index contributed by atoms with van der Waals surface area (Å²) in [7, 11) is 0. The van der Waals surface area contributed by atoms with Gasteiger partial charge in [0.05, 0.1) is 25.0 Å². The molecule has 0 spiro atoms. The van der Waals surface area contributed by atoms with E-state index >= 15 is 0 Å². The van der Waals surface area contributed by atoms with E-state index in [2.05, 4.69) is 0 Å². The van der Waals surface area contributed by atoms with Crippen molar-refractivity contribution in [2.75, 3.05) is 0 Å². The van der Waals surface area contributed by atoms with Crippen molar-refractivity contribution in [1.29, 1.82) is 10.5 Å². The predicted molar refractivity (Wildman–Crippen MR) is 55.0 cm³/mol. The SMILES string of the molecule is N#CCC=Cc1cc(F)ccc1CC#N. The number of halogens is 1. The second kappa shape index (κ2) is 5.57. The maximum absolute atomic E-state index is 12.9. The van der Waals surface area contributed by atoms with Crippen LogP contribution in [0.25, 0.3) is 6.08 Å². The van der Waals surface area contributed by atoms with E-state index in [1.165, 1.54) is 12.1 Å². The van der Waals surface area contributed by atoms with E-state index in [1.54, 1.807) is 18.2 Å². The van der Waals surface area contributed by atoms with Crippen LogP contribution in [-0.2, 0) is 6.42 Å². The van der Waals surface area contributed by atoms with Gasteiger partial charge in [0.2, 0.25) is 0 Å². The van der Waals surface area contributed by atoms with Gasteiger partial charge < -0.3 is 0 Å². The van der Waals surface area contributed by atoms with Crippen LogP contribution >= 0.6 is 0 Å². The van der Waals surface area contributed by atoms with Crippen LogP contribution in [0.4, 0.5) is 4.39 Å². The van der Waals surface area contributed by atoms with Gasteiger partial charge in [0.25, 0.3) is 0 Å². The number of benzene rings is 1. The van der Waals surface area contributed by atoms with Crippen molar-refractivity contribution >= 4 is 6.08 Å². The highest BCUT2D eigenvalue weighted by Gasteiger charge is 2.00. The molecule has 2 nitrogen and oxygen atoms in total. The van der Waals surface area contributed by atoms with Gasteiger partial charge >= 0.3 is 0 Å². The molecule has 74 valence electrons. The molecule has 0 aliphatic carbocycles. The highest BCUT2D eigenvalue weighted by Crippen LogP contribution is 2.14. The summed E-state index contributed by atoms with van der Waals surface area (Å²) in [6.45, 7) is 0. The van der Waals surface area contributed by atoms with Gasteiger partial charge in [-0.05, 0) is 23.3 Å². The Morgan fingerprint density at radius 3 is 2.73 bits per heavy atom. The van der Waals surface area contributed by atoms with Gasteiger partial charge in [-0.25, -0.2) is 4.39 Å². The average molecular weight is 200 g/mol. The van der Waals surface area contributed by atoms with Crippen LogP contribution < -0.4 is 0 Å². The maximum Gasteiger partial charge on any atom is 0.123 e. The smallest absolute Gasteiger partial charge is 0.123 e. The van der Waals surface area contributed by atoms with E-state index in [-0.39, 0.29) is 18.7 Å². The van der Waals surface area contributed by atoms with Crippen LogP contribution in [0.1, 0.15) is 17.5 Å². The third-order valence-electron chi connectivity index (χ3n) is 1.88. The lowest BCUT2D eigenvalue weighted by Gasteiger charge is -2.01. The summed E-state index contributed by atoms with van der Waals surface area (Å²) in [5.41, 5.74) is 1.43. The molecule has 1 aromatic carbocycles. The fraction of sp³-hybridized carbons (Fsp3) is 0.167. The Hall–Kier alpha value is -2.13. The molecule has 0 aliphatic heterocycles. The second-order valence-electron chi connectivity index (χ2n) is 2.94. The van der Waals surface area contributed by atoms with E-state index in [0.29, 0.717) is 5.56 Å². The summed E-state index contributed by atoms with van der Waals surface area (Å²) in [6.07, 6.45) is 3.84. The van der Waals surface area contributed by atoms with Gasteiger partial charge in [0, 0.05) is 0 Å². The van der Waals surface area contributed by atoms with E-state index < -0.39 is 0 Å². The van der Waals surface area contributed by atoms with Crippen molar-refractivity contribution in [2.24, 2.45) is 0 Å². The average Bonchev–Trinajstić information content (AvgIpc) is 2.22.